The molecule has 1 fully saturated rings. The van der Waals surface area contributed by atoms with Crippen molar-refractivity contribution in [3.8, 4) is 0 Å². The number of benzene rings is 1. The first-order chi connectivity index (χ1) is 8.56. The maximum absolute atomic E-state index is 9.61. The SMILES string of the molecule is C[C@H](CN1CC[C@H]([C@H](C)O)C1)c1cccc(Cl)c1. The number of likely N-dealkylation sites (tertiary alicyclic amines) is 1. The number of aliphatic hydroxyl groups is 1. The molecule has 18 heavy (non-hydrogen) atoms. The molecular formula is C15H22ClNO. The zero-order chi connectivity index (χ0) is 13.1. The van der Waals surface area contributed by atoms with E-state index in [9.17, 15) is 5.11 Å². The zero-order valence-electron chi connectivity index (χ0n) is 11.1. The van der Waals surface area contributed by atoms with Crippen molar-refractivity contribution in [2.24, 2.45) is 5.92 Å². The first kappa shape index (κ1) is 13.9. The molecule has 1 heterocycles. The Labute approximate surface area is 115 Å². The molecule has 0 amide bonds. The third-order valence-corrected chi connectivity index (χ3v) is 4.18. The highest BCUT2D eigenvalue weighted by Crippen LogP contribution is 2.25. The first-order valence-electron chi connectivity index (χ1n) is 6.72. The van der Waals surface area contributed by atoms with Crippen molar-refractivity contribution in [3.05, 3.63) is 34.9 Å². The third-order valence-electron chi connectivity index (χ3n) is 3.94. The van der Waals surface area contributed by atoms with Gasteiger partial charge in [-0.15, -0.1) is 0 Å². The number of halogens is 1. The predicted molar refractivity (Wildman–Crippen MR) is 76.1 cm³/mol. The summed E-state index contributed by atoms with van der Waals surface area (Å²) in [5, 5.41) is 10.4. The van der Waals surface area contributed by atoms with Gasteiger partial charge < -0.3 is 10.0 Å². The van der Waals surface area contributed by atoms with Crippen LogP contribution >= 0.6 is 11.6 Å². The van der Waals surface area contributed by atoms with Gasteiger partial charge in [-0.3, -0.25) is 0 Å². The summed E-state index contributed by atoms with van der Waals surface area (Å²) in [5.74, 6) is 0.924. The van der Waals surface area contributed by atoms with E-state index in [-0.39, 0.29) is 6.10 Å². The van der Waals surface area contributed by atoms with Gasteiger partial charge >= 0.3 is 0 Å². The summed E-state index contributed by atoms with van der Waals surface area (Å²) in [6.45, 7) is 7.29. The van der Waals surface area contributed by atoms with Gasteiger partial charge in [0.1, 0.15) is 0 Å². The lowest BCUT2D eigenvalue weighted by Gasteiger charge is -2.22. The van der Waals surface area contributed by atoms with Gasteiger partial charge in [-0.05, 0) is 49.4 Å². The molecule has 1 aromatic carbocycles. The Morgan fingerprint density at radius 3 is 2.83 bits per heavy atom. The van der Waals surface area contributed by atoms with Gasteiger partial charge in [-0.1, -0.05) is 30.7 Å². The molecule has 0 aliphatic carbocycles. The minimum absolute atomic E-state index is 0.184. The standard InChI is InChI=1S/C15H22ClNO/c1-11(13-4-3-5-15(16)8-13)9-17-7-6-14(10-17)12(2)18/h3-5,8,11-12,14,18H,6-7,9-10H2,1-2H3/t11-,12+,14+/m1/s1. The van der Waals surface area contributed by atoms with Crippen LogP contribution in [-0.4, -0.2) is 35.7 Å². The molecule has 0 aromatic heterocycles. The topological polar surface area (TPSA) is 23.5 Å². The summed E-state index contributed by atoms with van der Waals surface area (Å²) in [4.78, 5) is 2.45. The van der Waals surface area contributed by atoms with Crippen LogP contribution in [0.1, 0.15) is 31.7 Å². The highest BCUT2D eigenvalue weighted by Gasteiger charge is 2.26. The minimum atomic E-state index is -0.184. The van der Waals surface area contributed by atoms with E-state index < -0.39 is 0 Å². The lowest BCUT2D eigenvalue weighted by Crippen LogP contribution is -2.27. The molecule has 1 N–H and O–H groups in total. The largest absolute Gasteiger partial charge is 0.393 e. The summed E-state index contributed by atoms with van der Waals surface area (Å²) >= 11 is 6.02. The van der Waals surface area contributed by atoms with Gasteiger partial charge in [0.25, 0.3) is 0 Å². The van der Waals surface area contributed by atoms with E-state index in [4.69, 9.17) is 11.6 Å². The quantitative estimate of drug-likeness (QED) is 0.906. The summed E-state index contributed by atoms with van der Waals surface area (Å²) in [7, 11) is 0. The van der Waals surface area contributed by atoms with Crippen LogP contribution < -0.4 is 0 Å². The lowest BCUT2D eigenvalue weighted by atomic mass is 10.0. The monoisotopic (exact) mass is 267 g/mol. The third kappa shape index (κ3) is 3.47. The molecule has 3 heteroatoms. The maximum Gasteiger partial charge on any atom is 0.0552 e. The molecule has 2 rings (SSSR count). The Balaban J connectivity index is 1.90. The molecule has 0 saturated carbocycles. The van der Waals surface area contributed by atoms with Crippen LogP contribution in [0, 0.1) is 5.92 Å². The molecule has 1 aromatic rings. The van der Waals surface area contributed by atoms with Crippen LogP contribution in [0.3, 0.4) is 0 Å². The second kappa shape index (κ2) is 6.05. The fraction of sp³-hybridized carbons (Fsp3) is 0.600. The maximum atomic E-state index is 9.61. The van der Waals surface area contributed by atoms with Crippen molar-refractivity contribution in [1.29, 1.82) is 0 Å². The number of aliphatic hydroxyl groups excluding tert-OH is 1. The van der Waals surface area contributed by atoms with Crippen molar-refractivity contribution in [1.82, 2.24) is 4.90 Å². The number of nitrogens with zero attached hydrogens (tertiary/aromatic N) is 1. The van der Waals surface area contributed by atoms with Gasteiger partial charge in [-0.25, -0.2) is 0 Å². The van der Waals surface area contributed by atoms with Crippen LogP contribution in [-0.2, 0) is 0 Å². The van der Waals surface area contributed by atoms with Gasteiger partial charge in [0.15, 0.2) is 0 Å². The summed E-state index contributed by atoms with van der Waals surface area (Å²) < 4.78 is 0. The molecule has 0 spiro atoms. The van der Waals surface area contributed by atoms with Gasteiger partial charge in [-0.2, -0.15) is 0 Å². The molecular weight excluding hydrogens is 246 g/mol. The highest BCUT2D eigenvalue weighted by atomic mass is 35.5. The molecule has 1 aliphatic heterocycles. The van der Waals surface area contributed by atoms with Crippen LogP contribution in [0.15, 0.2) is 24.3 Å². The summed E-state index contributed by atoms with van der Waals surface area (Å²) in [5.41, 5.74) is 1.29. The molecule has 0 bridgehead atoms. The molecule has 0 radical (unpaired) electrons. The normalized spacial score (nSPS) is 24.1. The smallest absolute Gasteiger partial charge is 0.0552 e. The van der Waals surface area contributed by atoms with Crippen molar-refractivity contribution in [2.45, 2.75) is 32.3 Å². The van der Waals surface area contributed by atoms with Crippen LogP contribution in [0.2, 0.25) is 5.02 Å². The second-order valence-electron chi connectivity index (χ2n) is 5.50. The Hall–Kier alpha value is -0.570. The highest BCUT2D eigenvalue weighted by molar-refractivity contribution is 6.30. The molecule has 100 valence electrons. The Morgan fingerprint density at radius 2 is 2.22 bits per heavy atom. The first-order valence-corrected chi connectivity index (χ1v) is 7.10. The predicted octanol–water partition coefficient (Wildman–Crippen LogP) is 3.15. The van der Waals surface area contributed by atoms with Crippen LogP contribution in [0.25, 0.3) is 0 Å². The van der Waals surface area contributed by atoms with E-state index in [1.807, 2.05) is 19.1 Å². The molecule has 1 aliphatic rings. The fourth-order valence-corrected chi connectivity index (χ4v) is 2.93. The van der Waals surface area contributed by atoms with Crippen molar-refractivity contribution in [2.75, 3.05) is 19.6 Å². The number of rotatable bonds is 4. The second-order valence-corrected chi connectivity index (χ2v) is 5.94. The van der Waals surface area contributed by atoms with E-state index in [0.29, 0.717) is 11.8 Å². The molecule has 0 unspecified atom stereocenters. The van der Waals surface area contributed by atoms with E-state index in [0.717, 1.165) is 31.1 Å². The Bertz CT molecular complexity index is 394. The number of hydrogen-bond acceptors (Lipinski definition) is 2. The summed E-state index contributed by atoms with van der Waals surface area (Å²) in [6, 6.07) is 8.11. The van der Waals surface area contributed by atoms with Gasteiger partial charge in [0.2, 0.25) is 0 Å². The van der Waals surface area contributed by atoms with Crippen molar-refractivity contribution < 1.29 is 5.11 Å². The van der Waals surface area contributed by atoms with E-state index in [2.05, 4.69) is 24.0 Å². The van der Waals surface area contributed by atoms with E-state index in [1.54, 1.807) is 0 Å². The zero-order valence-corrected chi connectivity index (χ0v) is 11.9. The summed E-state index contributed by atoms with van der Waals surface area (Å²) in [6.07, 6.45) is 0.927. The van der Waals surface area contributed by atoms with Crippen molar-refractivity contribution in [3.63, 3.8) is 0 Å². The van der Waals surface area contributed by atoms with Crippen molar-refractivity contribution >= 4 is 11.6 Å². The Morgan fingerprint density at radius 1 is 1.44 bits per heavy atom. The average Bonchev–Trinajstić information content (AvgIpc) is 2.77. The molecule has 3 atom stereocenters. The lowest BCUT2D eigenvalue weighted by molar-refractivity contribution is 0.127. The van der Waals surface area contributed by atoms with E-state index >= 15 is 0 Å². The molecule has 1 saturated heterocycles. The van der Waals surface area contributed by atoms with Crippen LogP contribution in [0.5, 0.6) is 0 Å². The minimum Gasteiger partial charge on any atom is -0.393 e. The molecule has 2 nitrogen and oxygen atoms in total. The Kier molecular flexibility index (Phi) is 4.66. The van der Waals surface area contributed by atoms with E-state index in [1.165, 1.54) is 5.56 Å². The average molecular weight is 268 g/mol. The van der Waals surface area contributed by atoms with Crippen LogP contribution in [0.4, 0.5) is 0 Å². The fourth-order valence-electron chi connectivity index (χ4n) is 2.73. The van der Waals surface area contributed by atoms with Gasteiger partial charge in [0, 0.05) is 18.1 Å². The number of hydrogen-bond donors (Lipinski definition) is 1. The van der Waals surface area contributed by atoms with Gasteiger partial charge in [0.05, 0.1) is 6.10 Å².